The van der Waals surface area contributed by atoms with E-state index in [1.54, 1.807) is 0 Å². The number of ketones is 1. The van der Waals surface area contributed by atoms with Gasteiger partial charge in [0.25, 0.3) is 0 Å². The van der Waals surface area contributed by atoms with Crippen molar-refractivity contribution in [3.8, 4) is 0 Å². The molecule has 74 valence electrons. The topological polar surface area (TPSA) is 17.1 Å². The van der Waals surface area contributed by atoms with Gasteiger partial charge in [0.2, 0.25) is 0 Å². The third-order valence-electron chi connectivity index (χ3n) is 4.24. The summed E-state index contributed by atoms with van der Waals surface area (Å²) in [5.41, 5.74) is 0. The molecule has 1 fully saturated rings. The summed E-state index contributed by atoms with van der Waals surface area (Å²) in [5.74, 6) is 2.64. The molecule has 0 aromatic rings. The Kier molecular flexibility index (Phi) is 1.86. The minimum absolute atomic E-state index is 0.370. The molecule has 3 aliphatic carbocycles. The number of allylic oxidation sites excluding steroid dienone is 4. The second-order valence-electron chi connectivity index (χ2n) is 4.83. The Morgan fingerprint density at radius 1 is 0.786 bits per heavy atom. The first-order valence-electron chi connectivity index (χ1n) is 5.71. The highest BCUT2D eigenvalue weighted by molar-refractivity contribution is 5.87. The summed E-state index contributed by atoms with van der Waals surface area (Å²) in [6.07, 6.45) is 13.3. The Morgan fingerprint density at radius 2 is 1.21 bits per heavy atom. The van der Waals surface area contributed by atoms with Crippen LogP contribution in [-0.2, 0) is 4.79 Å². The quantitative estimate of drug-likeness (QED) is 0.534. The van der Waals surface area contributed by atoms with Gasteiger partial charge in [-0.2, -0.15) is 0 Å². The lowest BCUT2D eigenvalue weighted by molar-refractivity contribution is -0.124. The maximum Gasteiger partial charge on any atom is 0.140 e. The molecule has 0 spiro atoms. The zero-order valence-electron chi connectivity index (χ0n) is 8.36. The zero-order chi connectivity index (χ0) is 9.54. The van der Waals surface area contributed by atoms with Gasteiger partial charge < -0.3 is 0 Å². The Morgan fingerprint density at radius 3 is 1.71 bits per heavy atom. The van der Waals surface area contributed by atoms with Crippen LogP contribution in [0.25, 0.3) is 0 Å². The van der Waals surface area contributed by atoms with E-state index >= 15 is 0 Å². The molecular formula is C13H16O. The van der Waals surface area contributed by atoms with Crippen LogP contribution < -0.4 is 0 Å². The first-order chi connectivity index (χ1) is 6.88. The third kappa shape index (κ3) is 1.05. The van der Waals surface area contributed by atoms with Gasteiger partial charge >= 0.3 is 0 Å². The van der Waals surface area contributed by atoms with Crippen LogP contribution in [0.1, 0.15) is 25.7 Å². The summed E-state index contributed by atoms with van der Waals surface area (Å²) in [6.45, 7) is 0. The van der Waals surface area contributed by atoms with E-state index in [0.717, 1.165) is 25.7 Å². The van der Waals surface area contributed by atoms with Crippen LogP contribution in [0, 0.1) is 23.7 Å². The minimum atomic E-state index is 0.370. The van der Waals surface area contributed by atoms with Gasteiger partial charge in [0.15, 0.2) is 0 Å². The lowest BCUT2D eigenvalue weighted by Crippen LogP contribution is -2.19. The molecule has 1 saturated carbocycles. The monoisotopic (exact) mass is 188 g/mol. The van der Waals surface area contributed by atoms with Crippen LogP contribution in [0.15, 0.2) is 24.3 Å². The molecule has 1 nitrogen and oxygen atoms in total. The minimum Gasteiger partial charge on any atom is -0.299 e. The fourth-order valence-electron chi connectivity index (χ4n) is 3.55. The summed E-state index contributed by atoms with van der Waals surface area (Å²) < 4.78 is 0. The van der Waals surface area contributed by atoms with Crippen molar-refractivity contribution in [2.24, 2.45) is 23.7 Å². The van der Waals surface area contributed by atoms with Crippen LogP contribution in [0.2, 0.25) is 0 Å². The molecule has 3 aliphatic rings. The molecule has 0 bridgehead atoms. The smallest absolute Gasteiger partial charge is 0.140 e. The van der Waals surface area contributed by atoms with Gasteiger partial charge in [-0.05, 0) is 37.5 Å². The highest BCUT2D eigenvalue weighted by Gasteiger charge is 2.48. The molecule has 0 unspecified atom stereocenters. The van der Waals surface area contributed by atoms with Crippen molar-refractivity contribution in [3.05, 3.63) is 24.3 Å². The van der Waals surface area contributed by atoms with E-state index in [4.69, 9.17) is 0 Å². The Labute approximate surface area is 84.9 Å². The van der Waals surface area contributed by atoms with E-state index in [-0.39, 0.29) is 0 Å². The largest absolute Gasteiger partial charge is 0.299 e. The zero-order valence-corrected chi connectivity index (χ0v) is 8.36. The second-order valence-corrected chi connectivity index (χ2v) is 4.83. The fourth-order valence-corrected chi connectivity index (χ4v) is 3.55. The molecule has 1 heteroatoms. The highest BCUT2D eigenvalue weighted by Crippen LogP contribution is 2.49. The lowest BCUT2D eigenvalue weighted by Gasteiger charge is -2.26. The predicted octanol–water partition coefficient (Wildman–Crippen LogP) is 2.73. The molecule has 4 atom stereocenters. The molecule has 14 heavy (non-hydrogen) atoms. The SMILES string of the molecule is O=C1[C@H]2CC=CC[C@H]2[C@@H]2CC=CC[C@@H]12. The maximum absolute atomic E-state index is 12.1. The molecule has 0 radical (unpaired) electrons. The predicted molar refractivity (Wildman–Crippen MR) is 55.7 cm³/mol. The summed E-state index contributed by atoms with van der Waals surface area (Å²) in [7, 11) is 0. The number of carbonyl (C=O) groups excluding carboxylic acids is 1. The van der Waals surface area contributed by atoms with Crippen molar-refractivity contribution >= 4 is 5.78 Å². The van der Waals surface area contributed by atoms with Gasteiger partial charge in [-0.3, -0.25) is 4.79 Å². The van der Waals surface area contributed by atoms with Gasteiger partial charge in [0.05, 0.1) is 0 Å². The lowest BCUT2D eigenvalue weighted by atomic mass is 9.77. The molecule has 0 amide bonds. The van der Waals surface area contributed by atoms with Crippen LogP contribution >= 0.6 is 0 Å². The molecule has 0 heterocycles. The maximum atomic E-state index is 12.1. The number of rotatable bonds is 0. The molecule has 3 rings (SSSR count). The first-order valence-corrected chi connectivity index (χ1v) is 5.71. The van der Waals surface area contributed by atoms with Gasteiger partial charge in [-0.15, -0.1) is 0 Å². The van der Waals surface area contributed by atoms with Crippen molar-refractivity contribution in [2.45, 2.75) is 25.7 Å². The molecule has 0 saturated heterocycles. The number of hydrogen-bond donors (Lipinski definition) is 0. The summed E-state index contributed by atoms with van der Waals surface area (Å²) in [5, 5.41) is 0. The van der Waals surface area contributed by atoms with E-state index in [1.165, 1.54) is 0 Å². The molecule has 0 aliphatic heterocycles. The van der Waals surface area contributed by atoms with Crippen molar-refractivity contribution in [2.75, 3.05) is 0 Å². The van der Waals surface area contributed by atoms with Crippen LogP contribution in [0.4, 0.5) is 0 Å². The van der Waals surface area contributed by atoms with Gasteiger partial charge in [0.1, 0.15) is 5.78 Å². The average molecular weight is 188 g/mol. The number of hydrogen-bond acceptors (Lipinski definition) is 1. The third-order valence-corrected chi connectivity index (χ3v) is 4.24. The Balaban J connectivity index is 1.93. The van der Waals surface area contributed by atoms with Gasteiger partial charge in [0, 0.05) is 11.8 Å². The molecule has 0 aromatic carbocycles. The normalized spacial score (nSPS) is 45.0. The second kappa shape index (κ2) is 3.08. The summed E-state index contributed by atoms with van der Waals surface area (Å²) in [4.78, 5) is 12.1. The Hall–Kier alpha value is -0.850. The van der Waals surface area contributed by atoms with E-state index in [9.17, 15) is 4.79 Å². The van der Waals surface area contributed by atoms with Crippen LogP contribution in [0.3, 0.4) is 0 Å². The van der Waals surface area contributed by atoms with Gasteiger partial charge in [-0.25, -0.2) is 0 Å². The van der Waals surface area contributed by atoms with Crippen LogP contribution in [-0.4, -0.2) is 5.78 Å². The number of carbonyl (C=O) groups is 1. The first kappa shape index (κ1) is 8.46. The van der Waals surface area contributed by atoms with E-state index in [0.29, 0.717) is 29.5 Å². The molecule has 0 aromatic heterocycles. The van der Waals surface area contributed by atoms with E-state index < -0.39 is 0 Å². The average Bonchev–Trinajstić information content (AvgIpc) is 2.55. The van der Waals surface area contributed by atoms with Gasteiger partial charge in [-0.1, -0.05) is 24.3 Å². The van der Waals surface area contributed by atoms with E-state index in [1.807, 2.05) is 0 Å². The van der Waals surface area contributed by atoms with Crippen LogP contribution in [0.5, 0.6) is 0 Å². The highest BCUT2D eigenvalue weighted by atomic mass is 16.1. The summed E-state index contributed by atoms with van der Waals surface area (Å²) in [6, 6.07) is 0. The van der Waals surface area contributed by atoms with Crippen molar-refractivity contribution in [3.63, 3.8) is 0 Å². The molecular weight excluding hydrogens is 172 g/mol. The summed E-state index contributed by atoms with van der Waals surface area (Å²) >= 11 is 0. The Bertz CT molecular complexity index is 283. The molecule has 0 N–H and O–H groups in total. The number of fused-ring (bicyclic) bond motifs is 3. The van der Waals surface area contributed by atoms with Crippen molar-refractivity contribution in [1.29, 1.82) is 0 Å². The standard InChI is InChI=1S/C13H16O/c14-13-11-7-3-1-5-9(11)10-6-2-4-8-12(10)13/h1-4,9-12H,5-8H2/t9-,10-,11-,12+/m0/s1. The van der Waals surface area contributed by atoms with Crippen molar-refractivity contribution in [1.82, 2.24) is 0 Å². The fraction of sp³-hybridized carbons (Fsp3) is 0.615. The number of Topliss-reactive ketones (excluding diaryl/α,β-unsaturated/α-hetero) is 1. The van der Waals surface area contributed by atoms with Crippen molar-refractivity contribution < 1.29 is 4.79 Å². The van der Waals surface area contributed by atoms with E-state index in [2.05, 4.69) is 24.3 Å².